The highest BCUT2D eigenvalue weighted by Crippen LogP contribution is 2.25. The summed E-state index contributed by atoms with van der Waals surface area (Å²) >= 11 is 0. The molecule has 0 aliphatic heterocycles. The number of amides is 2. The predicted octanol–water partition coefficient (Wildman–Crippen LogP) is 3.02. The van der Waals surface area contributed by atoms with Gasteiger partial charge in [0.05, 0.1) is 30.3 Å². The van der Waals surface area contributed by atoms with Gasteiger partial charge in [-0.15, -0.1) is 0 Å². The molecule has 0 fully saturated rings. The number of hydrogen-bond acceptors (Lipinski definition) is 5. The Morgan fingerprint density at radius 1 is 1.03 bits per heavy atom. The largest absolute Gasteiger partial charge is 0.497 e. The van der Waals surface area contributed by atoms with Crippen molar-refractivity contribution in [3.8, 4) is 5.75 Å². The number of para-hydroxylation sites is 1. The Labute approximate surface area is 183 Å². The van der Waals surface area contributed by atoms with Crippen molar-refractivity contribution in [2.75, 3.05) is 23.0 Å². The fourth-order valence-electron chi connectivity index (χ4n) is 2.97. The molecule has 0 heterocycles. The van der Waals surface area contributed by atoms with Gasteiger partial charge < -0.3 is 15.4 Å². The molecule has 0 saturated carbocycles. The molecule has 0 bridgehead atoms. The predicted molar refractivity (Wildman–Crippen MR) is 122 cm³/mol. The third-order valence-corrected chi connectivity index (χ3v) is 5.58. The third kappa shape index (κ3) is 6.45. The van der Waals surface area contributed by atoms with Gasteiger partial charge in [0.2, 0.25) is 15.9 Å². The summed E-state index contributed by atoms with van der Waals surface area (Å²) in [5.74, 6) is -0.350. The monoisotopic (exact) mass is 447 g/mol. The van der Waals surface area contributed by atoms with E-state index in [4.69, 9.17) is 4.74 Å². The van der Waals surface area contributed by atoms with Crippen LogP contribution in [0.2, 0.25) is 0 Å². The van der Waals surface area contributed by atoms with Crippen LogP contribution < -0.4 is 19.7 Å². The van der Waals surface area contributed by atoms with Crippen molar-refractivity contribution >= 4 is 33.2 Å². The molecule has 9 heteroatoms. The first-order chi connectivity index (χ1) is 14.3. The minimum atomic E-state index is -3.77. The number of methoxy groups -OCH3 is 1. The smallest absolute Gasteiger partial charge is 0.253 e. The maximum atomic E-state index is 13.0. The standard InChI is InChI=1S/C22H29N3O5S/c1-15(25(31(6,28)29)16-11-13-17(30-5)14-12-16)20(26)23-19-10-8-7-9-18(19)21(27)24-22(2,3)4/h7-15H,1-6H3,(H,23,26)(H,24,27)/t15-/m1/s1. The quantitative estimate of drug-likeness (QED) is 0.679. The van der Waals surface area contributed by atoms with E-state index < -0.39 is 27.5 Å². The van der Waals surface area contributed by atoms with E-state index >= 15 is 0 Å². The summed E-state index contributed by atoms with van der Waals surface area (Å²) in [4.78, 5) is 25.6. The second kappa shape index (κ2) is 9.38. The van der Waals surface area contributed by atoms with Crippen LogP contribution in [-0.2, 0) is 14.8 Å². The van der Waals surface area contributed by atoms with Gasteiger partial charge in [-0.3, -0.25) is 13.9 Å². The van der Waals surface area contributed by atoms with Crippen LogP contribution in [0.4, 0.5) is 11.4 Å². The molecule has 2 rings (SSSR count). The molecule has 0 aliphatic carbocycles. The highest BCUT2D eigenvalue weighted by Gasteiger charge is 2.30. The Hall–Kier alpha value is -3.07. The first kappa shape index (κ1) is 24.2. The summed E-state index contributed by atoms with van der Waals surface area (Å²) in [7, 11) is -2.27. The number of nitrogens with zero attached hydrogens (tertiary/aromatic N) is 1. The highest BCUT2D eigenvalue weighted by molar-refractivity contribution is 7.92. The number of carbonyl (C=O) groups excluding carboxylic acids is 2. The van der Waals surface area contributed by atoms with Crippen LogP contribution in [0.3, 0.4) is 0 Å². The maximum absolute atomic E-state index is 13.0. The van der Waals surface area contributed by atoms with Gasteiger partial charge in [-0.2, -0.15) is 0 Å². The van der Waals surface area contributed by atoms with E-state index in [1.165, 1.54) is 14.0 Å². The molecule has 31 heavy (non-hydrogen) atoms. The van der Waals surface area contributed by atoms with Crippen molar-refractivity contribution in [2.24, 2.45) is 0 Å². The van der Waals surface area contributed by atoms with Gasteiger partial charge in [0.15, 0.2) is 0 Å². The molecule has 2 aromatic carbocycles. The molecule has 8 nitrogen and oxygen atoms in total. The van der Waals surface area contributed by atoms with Gasteiger partial charge in [0.25, 0.3) is 5.91 Å². The van der Waals surface area contributed by atoms with Crippen LogP contribution in [-0.4, -0.2) is 45.2 Å². The Kier molecular flexibility index (Phi) is 7.32. The molecule has 0 radical (unpaired) electrons. The zero-order chi connectivity index (χ0) is 23.4. The fraction of sp³-hybridized carbons (Fsp3) is 0.364. The van der Waals surface area contributed by atoms with Gasteiger partial charge in [0.1, 0.15) is 11.8 Å². The molecule has 2 amide bonds. The second-order valence-corrected chi connectivity index (χ2v) is 10.0. The first-order valence-corrected chi connectivity index (χ1v) is 11.5. The normalized spacial score (nSPS) is 12.6. The van der Waals surface area contributed by atoms with Crippen molar-refractivity contribution in [3.63, 3.8) is 0 Å². The summed E-state index contributed by atoms with van der Waals surface area (Å²) < 4.78 is 31.1. The van der Waals surface area contributed by atoms with Crippen molar-refractivity contribution in [1.29, 1.82) is 0 Å². The molecule has 2 aromatic rings. The number of rotatable bonds is 7. The van der Waals surface area contributed by atoms with Gasteiger partial charge in [0, 0.05) is 5.54 Å². The average molecular weight is 448 g/mol. The Balaban J connectivity index is 2.32. The van der Waals surface area contributed by atoms with Crippen LogP contribution in [0.15, 0.2) is 48.5 Å². The van der Waals surface area contributed by atoms with Crippen LogP contribution in [0, 0.1) is 0 Å². The van der Waals surface area contributed by atoms with Crippen molar-refractivity contribution in [2.45, 2.75) is 39.3 Å². The van der Waals surface area contributed by atoms with Crippen LogP contribution in [0.25, 0.3) is 0 Å². The van der Waals surface area contributed by atoms with E-state index in [9.17, 15) is 18.0 Å². The minimum Gasteiger partial charge on any atom is -0.497 e. The van der Waals surface area contributed by atoms with Crippen molar-refractivity contribution in [3.05, 3.63) is 54.1 Å². The second-order valence-electron chi connectivity index (χ2n) is 8.17. The molecule has 0 saturated heterocycles. The molecule has 0 aliphatic rings. The summed E-state index contributed by atoms with van der Waals surface area (Å²) in [5.41, 5.74) is 0.450. The minimum absolute atomic E-state index is 0.285. The van der Waals surface area contributed by atoms with Gasteiger partial charge in [-0.1, -0.05) is 12.1 Å². The Morgan fingerprint density at radius 2 is 1.61 bits per heavy atom. The molecule has 168 valence electrons. The van der Waals surface area contributed by atoms with Crippen LogP contribution in [0.1, 0.15) is 38.1 Å². The lowest BCUT2D eigenvalue weighted by atomic mass is 10.1. The lowest BCUT2D eigenvalue weighted by Crippen LogP contribution is -2.45. The number of nitrogens with one attached hydrogen (secondary N) is 2. The highest BCUT2D eigenvalue weighted by atomic mass is 32.2. The van der Waals surface area contributed by atoms with Gasteiger partial charge >= 0.3 is 0 Å². The number of carbonyl (C=O) groups is 2. The van der Waals surface area contributed by atoms with Crippen molar-refractivity contribution in [1.82, 2.24) is 5.32 Å². The Bertz CT molecular complexity index is 1040. The molecule has 1 atom stereocenters. The summed E-state index contributed by atoms with van der Waals surface area (Å²) in [5, 5.41) is 5.54. The SMILES string of the molecule is COc1ccc(N([C@H](C)C(=O)Nc2ccccc2C(=O)NC(C)(C)C)S(C)(=O)=O)cc1. The van der Waals surface area contributed by atoms with Crippen LogP contribution >= 0.6 is 0 Å². The van der Waals surface area contributed by atoms with E-state index in [1.807, 2.05) is 20.8 Å². The number of benzene rings is 2. The van der Waals surface area contributed by atoms with E-state index in [2.05, 4.69) is 10.6 Å². The summed E-state index contributed by atoms with van der Waals surface area (Å²) in [6.45, 7) is 7.05. The lowest BCUT2D eigenvalue weighted by molar-refractivity contribution is -0.116. The zero-order valence-corrected chi connectivity index (χ0v) is 19.4. The number of ether oxygens (including phenoxy) is 1. The van der Waals surface area contributed by atoms with Crippen molar-refractivity contribution < 1.29 is 22.7 Å². The van der Waals surface area contributed by atoms with Gasteiger partial charge in [-0.25, -0.2) is 8.42 Å². The van der Waals surface area contributed by atoms with E-state index in [1.54, 1.807) is 48.5 Å². The molecule has 0 unspecified atom stereocenters. The van der Waals surface area contributed by atoms with E-state index in [0.29, 0.717) is 17.1 Å². The van der Waals surface area contributed by atoms with Crippen LogP contribution in [0.5, 0.6) is 5.75 Å². The molecule has 0 spiro atoms. The number of hydrogen-bond donors (Lipinski definition) is 2. The number of sulfonamides is 1. The molecule has 0 aromatic heterocycles. The Morgan fingerprint density at radius 3 is 2.13 bits per heavy atom. The topological polar surface area (TPSA) is 105 Å². The number of anilines is 2. The molecular weight excluding hydrogens is 418 g/mol. The average Bonchev–Trinajstić information content (AvgIpc) is 2.66. The lowest BCUT2D eigenvalue weighted by Gasteiger charge is -2.28. The molecule has 2 N–H and O–H groups in total. The maximum Gasteiger partial charge on any atom is 0.253 e. The zero-order valence-electron chi connectivity index (χ0n) is 18.6. The summed E-state index contributed by atoms with van der Waals surface area (Å²) in [6, 6.07) is 11.9. The third-order valence-electron chi connectivity index (χ3n) is 4.33. The van der Waals surface area contributed by atoms with E-state index in [0.717, 1.165) is 10.6 Å². The van der Waals surface area contributed by atoms with E-state index in [-0.39, 0.29) is 11.5 Å². The fourth-order valence-corrected chi connectivity index (χ4v) is 4.15. The first-order valence-electron chi connectivity index (χ1n) is 9.69. The summed E-state index contributed by atoms with van der Waals surface area (Å²) in [6.07, 6.45) is 1.03. The molecular formula is C22H29N3O5S. The van der Waals surface area contributed by atoms with Gasteiger partial charge in [-0.05, 0) is 64.1 Å².